The van der Waals surface area contributed by atoms with Gasteiger partial charge in [0.25, 0.3) is 0 Å². The molecule has 1 aromatic carbocycles. The molecule has 4 unspecified atom stereocenters. The predicted octanol–water partition coefficient (Wildman–Crippen LogP) is 5.15. The molecule has 2 N–H and O–H groups in total. The maximum Gasteiger partial charge on any atom is 0.305 e. The zero-order valence-corrected chi connectivity index (χ0v) is 19.9. The van der Waals surface area contributed by atoms with Crippen molar-refractivity contribution in [1.29, 1.82) is 0 Å². The lowest BCUT2D eigenvalue weighted by Crippen LogP contribution is -2.31. The molecule has 4 atom stereocenters. The minimum absolute atomic E-state index is 0.0636. The summed E-state index contributed by atoms with van der Waals surface area (Å²) in [5.74, 6) is -0.738. The molecule has 2 rings (SSSR count). The van der Waals surface area contributed by atoms with E-state index < -0.39 is 18.2 Å². The highest BCUT2D eigenvalue weighted by molar-refractivity contribution is 6.01. The third kappa shape index (κ3) is 6.59. The molecule has 1 aliphatic heterocycles. The van der Waals surface area contributed by atoms with Crippen LogP contribution in [0.4, 0.5) is 4.39 Å². The number of carbonyl (C=O) groups is 1. The minimum Gasteiger partial charge on any atom is -0.481 e. The van der Waals surface area contributed by atoms with Crippen molar-refractivity contribution in [2.24, 2.45) is 22.7 Å². The number of hydrogen-bond donors (Lipinski definition) is 2. The lowest BCUT2D eigenvalue weighted by atomic mass is 9.76. The number of aliphatic imine (C=N–C) groups is 1. The van der Waals surface area contributed by atoms with Crippen molar-refractivity contribution >= 4 is 17.3 Å². The molecule has 6 heteroatoms. The summed E-state index contributed by atoms with van der Waals surface area (Å²) in [6.45, 7) is 10.7. The van der Waals surface area contributed by atoms with Crippen LogP contribution in [0.15, 0.2) is 47.0 Å². The van der Waals surface area contributed by atoms with E-state index in [4.69, 9.17) is 14.8 Å². The molecule has 1 heterocycles. The highest BCUT2D eigenvalue weighted by Gasteiger charge is 2.32. The summed E-state index contributed by atoms with van der Waals surface area (Å²) in [7, 11) is 1.54. The Labute approximate surface area is 190 Å². The topological polar surface area (TPSA) is 79.1 Å². The molecule has 0 aromatic heterocycles. The Morgan fingerprint density at radius 1 is 1.22 bits per heavy atom. The second-order valence-electron chi connectivity index (χ2n) is 9.12. The maximum absolute atomic E-state index is 13.6. The number of benzene rings is 1. The fourth-order valence-electron chi connectivity index (χ4n) is 4.31. The van der Waals surface area contributed by atoms with E-state index >= 15 is 0 Å². The Morgan fingerprint density at radius 3 is 2.34 bits per heavy atom. The summed E-state index contributed by atoms with van der Waals surface area (Å²) in [6.07, 6.45) is 2.27. The van der Waals surface area contributed by atoms with Crippen molar-refractivity contribution in [2.45, 2.75) is 65.7 Å². The number of carboxylic acids is 1. The normalized spacial score (nSPS) is 21.4. The van der Waals surface area contributed by atoms with E-state index in [1.165, 1.54) is 19.2 Å². The number of dihydropyridines is 1. The fraction of sp³-hybridized carbons (Fsp3) is 0.538. The van der Waals surface area contributed by atoms with Gasteiger partial charge in [0.2, 0.25) is 0 Å². The molecule has 0 fully saturated rings. The molecular formula is C26H36FNO4. The largest absolute Gasteiger partial charge is 0.481 e. The van der Waals surface area contributed by atoms with Crippen molar-refractivity contribution in [3.8, 4) is 0 Å². The molecule has 0 amide bonds. The summed E-state index contributed by atoms with van der Waals surface area (Å²) >= 11 is 0. The van der Waals surface area contributed by atoms with Crippen LogP contribution in [0.5, 0.6) is 0 Å². The van der Waals surface area contributed by atoms with Gasteiger partial charge in [-0.1, -0.05) is 58.9 Å². The van der Waals surface area contributed by atoms with E-state index in [9.17, 15) is 14.3 Å². The number of nitrogens with zero attached hydrogens (tertiary/aromatic N) is 1. The van der Waals surface area contributed by atoms with Crippen LogP contribution in [0.3, 0.4) is 0 Å². The molecule has 0 aliphatic carbocycles. The number of aliphatic carboxylic acids is 1. The number of allylic oxidation sites excluding steroid dienone is 1. The Morgan fingerprint density at radius 2 is 1.84 bits per heavy atom. The van der Waals surface area contributed by atoms with Crippen LogP contribution in [0.1, 0.15) is 53.0 Å². The molecule has 32 heavy (non-hydrogen) atoms. The van der Waals surface area contributed by atoms with E-state index in [2.05, 4.69) is 34.6 Å². The van der Waals surface area contributed by atoms with Crippen molar-refractivity contribution in [3.05, 3.63) is 53.4 Å². The van der Waals surface area contributed by atoms with E-state index in [1.807, 2.05) is 12.2 Å². The van der Waals surface area contributed by atoms with Gasteiger partial charge in [-0.3, -0.25) is 9.79 Å². The van der Waals surface area contributed by atoms with Crippen LogP contribution in [0.25, 0.3) is 5.57 Å². The fourth-order valence-corrected chi connectivity index (χ4v) is 4.31. The smallest absolute Gasteiger partial charge is 0.305 e. The number of aliphatic hydroxyl groups excluding tert-OH is 1. The lowest BCUT2D eigenvalue weighted by Gasteiger charge is -2.34. The molecule has 0 spiro atoms. The Bertz CT molecular complexity index is 870. The average Bonchev–Trinajstić information content (AvgIpc) is 2.70. The molecule has 0 saturated carbocycles. The van der Waals surface area contributed by atoms with E-state index in [0.717, 1.165) is 22.4 Å². The molecular weight excluding hydrogens is 409 g/mol. The first kappa shape index (κ1) is 25.9. The van der Waals surface area contributed by atoms with Crippen LogP contribution in [-0.4, -0.2) is 47.3 Å². The first-order valence-electron chi connectivity index (χ1n) is 11.2. The van der Waals surface area contributed by atoms with Gasteiger partial charge in [-0.2, -0.15) is 0 Å². The van der Waals surface area contributed by atoms with Crippen molar-refractivity contribution in [3.63, 3.8) is 0 Å². The van der Waals surface area contributed by atoms with Gasteiger partial charge >= 0.3 is 5.97 Å². The van der Waals surface area contributed by atoms with Crippen molar-refractivity contribution in [1.82, 2.24) is 0 Å². The summed E-state index contributed by atoms with van der Waals surface area (Å²) in [4.78, 5) is 16.0. The van der Waals surface area contributed by atoms with E-state index in [-0.39, 0.29) is 42.5 Å². The number of aliphatic hydroxyl groups is 1. The maximum atomic E-state index is 13.6. The third-order valence-corrected chi connectivity index (χ3v) is 5.88. The van der Waals surface area contributed by atoms with Crippen LogP contribution in [0.2, 0.25) is 0 Å². The van der Waals surface area contributed by atoms with Crippen LogP contribution in [-0.2, 0) is 9.53 Å². The van der Waals surface area contributed by atoms with E-state index in [0.29, 0.717) is 0 Å². The molecule has 0 saturated heterocycles. The molecule has 0 radical (unpaired) electrons. The standard InChI is InChI=1S/C26H36FNO4/c1-15(2)25-17(5)24(18-7-9-19(27)10-8-18)22(26(28-25)16(3)4)12-11-21(32-6)13-20(29)14-23(30)31/h7-12,15-17,20-21,26,29H,13-14H2,1-6H3,(H,30,31)/b12-11+. The molecule has 1 aromatic rings. The number of methoxy groups -OCH3 is 1. The molecule has 5 nitrogen and oxygen atoms in total. The Hall–Kier alpha value is -2.31. The van der Waals surface area contributed by atoms with Crippen molar-refractivity contribution in [2.75, 3.05) is 7.11 Å². The van der Waals surface area contributed by atoms with Gasteiger partial charge in [-0.15, -0.1) is 0 Å². The van der Waals surface area contributed by atoms with Gasteiger partial charge in [-0.25, -0.2) is 4.39 Å². The van der Waals surface area contributed by atoms with Gasteiger partial charge in [0.1, 0.15) is 5.82 Å². The summed E-state index contributed by atoms with van der Waals surface area (Å²) in [5.41, 5.74) is 4.23. The van der Waals surface area contributed by atoms with Gasteiger partial charge in [0.05, 0.1) is 24.7 Å². The first-order chi connectivity index (χ1) is 15.0. The third-order valence-electron chi connectivity index (χ3n) is 5.88. The first-order valence-corrected chi connectivity index (χ1v) is 11.2. The summed E-state index contributed by atoms with van der Waals surface area (Å²) in [6, 6.07) is 6.49. The van der Waals surface area contributed by atoms with E-state index in [1.54, 1.807) is 12.1 Å². The Kier molecular flexibility index (Phi) is 9.34. The summed E-state index contributed by atoms with van der Waals surface area (Å²) in [5, 5.41) is 18.9. The highest BCUT2D eigenvalue weighted by Crippen LogP contribution is 2.39. The number of carboxylic acid groups (broad SMARTS) is 1. The van der Waals surface area contributed by atoms with Crippen LogP contribution in [0, 0.1) is 23.6 Å². The Balaban J connectivity index is 2.53. The second kappa shape index (κ2) is 11.5. The van der Waals surface area contributed by atoms with Gasteiger partial charge in [0.15, 0.2) is 0 Å². The predicted molar refractivity (Wildman–Crippen MR) is 126 cm³/mol. The summed E-state index contributed by atoms with van der Waals surface area (Å²) < 4.78 is 19.1. The average molecular weight is 446 g/mol. The van der Waals surface area contributed by atoms with Crippen LogP contribution < -0.4 is 0 Å². The highest BCUT2D eigenvalue weighted by atomic mass is 19.1. The number of halogens is 1. The van der Waals surface area contributed by atoms with Crippen LogP contribution >= 0.6 is 0 Å². The second-order valence-corrected chi connectivity index (χ2v) is 9.12. The molecule has 0 bridgehead atoms. The zero-order chi connectivity index (χ0) is 24.0. The number of hydrogen-bond acceptors (Lipinski definition) is 4. The lowest BCUT2D eigenvalue weighted by molar-refractivity contribution is -0.139. The molecule has 176 valence electrons. The minimum atomic E-state index is -1.05. The SMILES string of the molecule is COC(/C=C/C1=C(c2ccc(F)cc2)C(C)C(C(C)C)=NC1C(C)C)CC(O)CC(=O)O. The number of rotatable bonds is 10. The van der Waals surface area contributed by atoms with Crippen molar-refractivity contribution < 1.29 is 24.1 Å². The zero-order valence-electron chi connectivity index (χ0n) is 19.9. The number of ether oxygens (including phenoxy) is 1. The van der Waals surface area contributed by atoms with Gasteiger partial charge < -0.3 is 14.9 Å². The van der Waals surface area contributed by atoms with Gasteiger partial charge in [-0.05, 0) is 40.7 Å². The quantitative estimate of drug-likeness (QED) is 0.522. The monoisotopic (exact) mass is 445 g/mol. The van der Waals surface area contributed by atoms with Gasteiger partial charge in [0, 0.05) is 25.2 Å². The molecule has 1 aliphatic rings.